The first kappa shape index (κ1) is 10.5. The number of carboxylic acids is 1. The van der Waals surface area contributed by atoms with Crippen LogP contribution in [0.3, 0.4) is 0 Å². The molecule has 0 bridgehead atoms. The molecule has 0 radical (unpaired) electrons. The van der Waals surface area contributed by atoms with Gasteiger partial charge in [0.15, 0.2) is 0 Å². The van der Waals surface area contributed by atoms with Crippen LogP contribution in [0.2, 0.25) is 0 Å². The van der Waals surface area contributed by atoms with Gasteiger partial charge < -0.3 is 14.9 Å². The van der Waals surface area contributed by atoms with Crippen molar-refractivity contribution in [1.82, 2.24) is 9.80 Å². The minimum Gasteiger partial charge on any atom is -0.480 e. The van der Waals surface area contributed by atoms with Crippen molar-refractivity contribution in [3.63, 3.8) is 0 Å². The minimum absolute atomic E-state index is 0.0452. The van der Waals surface area contributed by atoms with Crippen molar-refractivity contribution in [1.29, 1.82) is 0 Å². The zero-order valence-electron chi connectivity index (χ0n) is 8.06. The van der Waals surface area contributed by atoms with Crippen LogP contribution < -0.4 is 0 Å². The van der Waals surface area contributed by atoms with E-state index in [0.29, 0.717) is 0 Å². The molecule has 1 N–H and O–H groups in total. The average Bonchev–Trinajstić information content (AvgIpc) is 2.10. The Morgan fingerprint density at radius 3 is 2.43 bits per heavy atom. The molecule has 1 unspecified atom stereocenters. The molecule has 1 saturated heterocycles. The molecule has 6 heteroatoms. The second-order valence-electron chi connectivity index (χ2n) is 3.29. The minimum atomic E-state index is -1.10. The molecule has 0 saturated carbocycles. The smallest absolute Gasteiger partial charge is 0.326 e. The number of aliphatic carboxylic acids is 1. The summed E-state index contributed by atoms with van der Waals surface area (Å²) >= 11 is 0. The van der Waals surface area contributed by atoms with Gasteiger partial charge in [-0.1, -0.05) is 0 Å². The third kappa shape index (κ3) is 1.84. The molecule has 0 aromatic heterocycles. The number of rotatable bonds is 2. The van der Waals surface area contributed by atoms with Crippen LogP contribution in [0.1, 0.15) is 6.92 Å². The molecule has 0 aliphatic carbocycles. The topological polar surface area (TPSA) is 77.9 Å². The van der Waals surface area contributed by atoms with Gasteiger partial charge in [0.1, 0.15) is 12.6 Å². The molecule has 0 aromatic carbocycles. The van der Waals surface area contributed by atoms with E-state index in [2.05, 4.69) is 0 Å². The van der Waals surface area contributed by atoms with Crippen molar-refractivity contribution < 1.29 is 19.5 Å². The summed E-state index contributed by atoms with van der Waals surface area (Å²) in [7, 11) is 1.52. The summed E-state index contributed by atoms with van der Waals surface area (Å²) in [6.45, 7) is 1.19. The predicted molar refractivity (Wildman–Crippen MR) is 46.4 cm³/mol. The summed E-state index contributed by atoms with van der Waals surface area (Å²) in [5, 5.41) is 8.69. The van der Waals surface area contributed by atoms with Crippen molar-refractivity contribution in [2.75, 3.05) is 20.1 Å². The van der Waals surface area contributed by atoms with Crippen molar-refractivity contribution in [3.8, 4) is 0 Å². The zero-order valence-corrected chi connectivity index (χ0v) is 8.06. The Bertz CT molecular complexity index is 289. The molecule has 1 rings (SSSR count). The summed E-state index contributed by atoms with van der Waals surface area (Å²) in [6.07, 6.45) is 0. The van der Waals surface area contributed by atoms with Crippen LogP contribution in [0.4, 0.5) is 0 Å². The van der Waals surface area contributed by atoms with Crippen LogP contribution in [0.5, 0.6) is 0 Å². The Morgan fingerprint density at radius 2 is 1.93 bits per heavy atom. The highest BCUT2D eigenvalue weighted by Crippen LogP contribution is 2.07. The van der Waals surface area contributed by atoms with E-state index in [4.69, 9.17) is 5.11 Å². The van der Waals surface area contributed by atoms with Gasteiger partial charge in [-0.2, -0.15) is 0 Å². The highest BCUT2D eigenvalue weighted by atomic mass is 16.4. The molecule has 78 valence electrons. The van der Waals surface area contributed by atoms with Gasteiger partial charge in [-0.3, -0.25) is 9.59 Å². The number of carbonyl (C=O) groups excluding carboxylic acids is 2. The van der Waals surface area contributed by atoms with Crippen LogP contribution in [-0.4, -0.2) is 58.9 Å². The lowest BCUT2D eigenvalue weighted by Crippen LogP contribution is -2.56. The standard InChI is InChI=1S/C8H12N2O4/c1-5(8(13)14)10-4-6(11)9(2)3-7(10)12/h5H,3-4H2,1-2H3,(H,13,14). The van der Waals surface area contributed by atoms with E-state index in [1.54, 1.807) is 0 Å². The van der Waals surface area contributed by atoms with Gasteiger partial charge in [-0.05, 0) is 6.92 Å². The Labute approximate surface area is 81.1 Å². The number of hydrogen-bond acceptors (Lipinski definition) is 3. The van der Waals surface area contributed by atoms with E-state index >= 15 is 0 Å². The fraction of sp³-hybridized carbons (Fsp3) is 0.625. The molecule has 0 spiro atoms. The summed E-state index contributed by atoms with van der Waals surface area (Å²) in [5.41, 5.74) is 0. The van der Waals surface area contributed by atoms with Gasteiger partial charge in [0.25, 0.3) is 0 Å². The summed E-state index contributed by atoms with van der Waals surface area (Å²) in [4.78, 5) is 35.6. The molecule has 1 heterocycles. The van der Waals surface area contributed by atoms with Crippen molar-refractivity contribution in [2.24, 2.45) is 0 Å². The first-order chi connectivity index (χ1) is 6.43. The largest absolute Gasteiger partial charge is 0.480 e. The van der Waals surface area contributed by atoms with E-state index in [9.17, 15) is 14.4 Å². The molecule has 14 heavy (non-hydrogen) atoms. The highest BCUT2D eigenvalue weighted by molar-refractivity contribution is 5.94. The van der Waals surface area contributed by atoms with E-state index in [0.717, 1.165) is 4.90 Å². The number of carboxylic acid groups (broad SMARTS) is 1. The fourth-order valence-electron chi connectivity index (χ4n) is 1.22. The molecule has 1 aliphatic heterocycles. The molecule has 1 atom stereocenters. The lowest BCUT2D eigenvalue weighted by molar-refractivity contribution is -0.157. The van der Waals surface area contributed by atoms with Crippen molar-refractivity contribution >= 4 is 17.8 Å². The molecule has 1 fully saturated rings. The maximum atomic E-state index is 11.4. The Morgan fingerprint density at radius 1 is 1.36 bits per heavy atom. The first-order valence-electron chi connectivity index (χ1n) is 4.19. The van der Waals surface area contributed by atoms with Gasteiger partial charge in [0, 0.05) is 7.05 Å². The molecular weight excluding hydrogens is 188 g/mol. The van der Waals surface area contributed by atoms with E-state index in [-0.39, 0.29) is 24.9 Å². The average molecular weight is 200 g/mol. The Kier molecular flexibility index (Phi) is 2.73. The lowest BCUT2D eigenvalue weighted by atomic mass is 10.2. The molecule has 0 aromatic rings. The van der Waals surface area contributed by atoms with Gasteiger partial charge in [0.2, 0.25) is 11.8 Å². The maximum Gasteiger partial charge on any atom is 0.326 e. The second-order valence-corrected chi connectivity index (χ2v) is 3.29. The number of amides is 2. The maximum absolute atomic E-state index is 11.4. The molecule has 6 nitrogen and oxygen atoms in total. The number of likely N-dealkylation sites (N-methyl/N-ethyl adjacent to an activating group) is 1. The summed E-state index contributed by atoms with van der Waals surface area (Å²) in [6, 6.07) is -0.944. The normalized spacial score (nSPS) is 19.9. The van der Waals surface area contributed by atoms with Gasteiger partial charge in [0.05, 0.1) is 6.54 Å². The van der Waals surface area contributed by atoms with Gasteiger partial charge in [-0.25, -0.2) is 4.79 Å². The predicted octanol–water partition coefficient (Wildman–Crippen LogP) is -1.24. The van der Waals surface area contributed by atoms with Crippen LogP contribution in [0, 0.1) is 0 Å². The van der Waals surface area contributed by atoms with Crippen LogP contribution >= 0.6 is 0 Å². The van der Waals surface area contributed by atoms with E-state index < -0.39 is 12.0 Å². The Hall–Kier alpha value is -1.59. The first-order valence-corrected chi connectivity index (χ1v) is 4.19. The van der Waals surface area contributed by atoms with Crippen LogP contribution in [0.25, 0.3) is 0 Å². The highest BCUT2D eigenvalue weighted by Gasteiger charge is 2.33. The third-order valence-electron chi connectivity index (χ3n) is 2.25. The van der Waals surface area contributed by atoms with Crippen molar-refractivity contribution in [3.05, 3.63) is 0 Å². The van der Waals surface area contributed by atoms with Crippen LogP contribution in [0.15, 0.2) is 0 Å². The van der Waals surface area contributed by atoms with Gasteiger partial charge in [-0.15, -0.1) is 0 Å². The quantitative estimate of drug-likeness (QED) is 0.604. The number of nitrogens with zero attached hydrogens (tertiary/aromatic N) is 2. The number of carbonyl (C=O) groups is 3. The third-order valence-corrected chi connectivity index (χ3v) is 2.25. The summed E-state index contributed by atoms with van der Waals surface area (Å²) in [5.74, 6) is -1.67. The molecule has 1 aliphatic rings. The SMILES string of the molecule is CC(C(=O)O)N1CC(=O)N(C)CC1=O. The monoisotopic (exact) mass is 200 g/mol. The lowest BCUT2D eigenvalue weighted by Gasteiger charge is -2.33. The van der Waals surface area contributed by atoms with Crippen LogP contribution in [-0.2, 0) is 14.4 Å². The fourth-order valence-corrected chi connectivity index (χ4v) is 1.22. The van der Waals surface area contributed by atoms with E-state index in [1.807, 2.05) is 0 Å². The molecular formula is C8H12N2O4. The number of hydrogen-bond donors (Lipinski definition) is 1. The summed E-state index contributed by atoms with van der Waals surface area (Å²) < 4.78 is 0. The molecule has 2 amide bonds. The Balaban J connectivity index is 2.76. The zero-order chi connectivity index (χ0) is 10.9. The van der Waals surface area contributed by atoms with Gasteiger partial charge >= 0.3 is 5.97 Å². The van der Waals surface area contributed by atoms with E-state index in [1.165, 1.54) is 18.9 Å². The second kappa shape index (κ2) is 3.65. The number of piperazine rings is 1. The van der Waals surface area contributed by atoms with Crippen molar-refractivity contribution in [2.45, 2.75) is 13.0 Å².